The van der Waals surface area contributed by atoms with Crippen molar-refractivity contribution in [2.75, 3.05) is 20.2 Å². The summed E-state index contributed by atoms with van der Waals surface area (Å²) in [5.74, 6) is -0.387. The van der Waals surface area contributed by atoms with Gasteiger partial charge in [0.05, 0.1) is 19.3 Å². The molecule has 0 aromatic carbocycles. The van der Waals surface area contributed by atoms with Crippen molar-refractivity contribution < 1.29 is 19.8 Å². The van der Waals surface area contributed by atoms with E-state index >= 15 is 0 Å². The molecule has 0 aromatic rings. The number of urea groups is 1. The Morgan fingerprint density at radius 1 is 1.56 bits per heavy atom. The van der Waals surface area contributed by atoms with Crippen molar-refractivity contribution in [3.8, 4) is 0 Å². The second-order valence-electron chi connectivity index (χ2n) is 3.76. The molecule has 1 atom stereocenters. The number of hydrogen-bond acceptors (Lipinski definition) is 4. The van der Waals surface area contributed by atoms with Gasteiger partial charge in [-0.1, -0.05) is 6.08 Å². The minimum atomic E-state index is -0.761. The molecule has 1 heterocycles. The van der Waals surface area contributed by atoms with E-state index in [2.05, 4.69) is 5.32 Å². The van der Waals surface area contributed by atoms with E-state index < -0.39 is 12.1 Å². The summed E-state index contributed by atoms with van der Waals surface area (Å²) in [6.07, 6.45) is 1.80. The maximum atomic E-state index is 11.4. The fourth-order valence-electron chi connectivity index (χ4n) is 1.37. The smallest absolute Gasteiger partial charge is 0.324 e. The predicted octanol–water partition coefficient (Wildman–Crippen LogP) is -0.772. The molecule has 6 nitrogen and oxygen atoms in total. The van der Waals surface area contributed by atoms with Gasteiger partial charge < -0.3 is 15.1 Å². The summed E-state index contributed by atoms with van der Waals surface area (Å²) in [6, 6.07) is -0.405. The number of amides is 3. The van der Waals surface area contributed by atoms with Gasteiger partial charge in [-0.2, -0.15) is 0 Å². The molecule has 3 amide bonds. The molecule has 1 rings (SSSR count). The van der Waals surface area contributed by atoms with E-state index in [1.165, 1.54) is 4.90 Å². The summed E-state index contributed by atoms with van der Waals surface area (Å²) in [5, 5.41) is 19.9. The van der Waals surface area contributed by atoms with Gasteiger partial charge in [0.25, 0.3) is 5.91 Å². The Balaban J connectivity index is 2.49. The molecule has 1 fully saturated rings. The molecule has 0 aromatic heterocycles. The number of rotatable bonds is 4. The number of nitrogens with one attached hydrogen (secondary N) is 1. The molecule has 3 N–H and O–H groups in total. The topological polar surface area (TPSA) is 89.9 Å². The van der Waals surface area contributed by atoms with Gasteiger partial charge in [-0.05, 0) is 12.8 Å². The molecule has 0 radical (unpaired) electrons. The molecule has 1 unspecified atom stereocenters. The summed E-state index contributed by atoms with van der Waals surface area (Å²) in [5.41, 5.74) is 0.507. The first-order chi connectivity index (χ1) is 7.54. The highest BCUT2D eigenvalue weighted by molar-refractivity contribution is 6.06. The standard InChI is InChI=1S/C10H16N2O4/c1-12-5-7(9(15)11-10(12)16)3-2-4-8(14)6-13/h3,8,13-14H,2,4-6H2,1H3,(H,11,15,16). The van der Waals surface area contributed by atoms with Gasteiger partial charge in [0.15, 0.2) is 0 Å². The average molecular weight is 228 g/mol. The first kappa shape index (κ1) is 12.7. The fourth-order valence-corrected chi connectivity index (χ4v) is 1.37. The number of carbonyl (C=O) groups is 2. The van der Waals surface area contributed by atoms with Crippen LogP contribution >= 0.6 is 0 Å². The first-order valence-corrected chi connectivity index (χ1v) is 5.09. The zero-order chi connectivity index (χ0) is 12.1. The van der Waals surface area contributed by atoms with Crippen LogP contribution in [0.1, 0.15) is 12.8 Å². The third-order valence-electron chi connectivity index (χ3n) is 2.37. The zero-order valence-electron chi connectivity index (χ0n) is 9.14. The van der Waals surface area contributed by atoms with Gasteiger partial charge in [-0.25, -0.2) is 4.79 Å². The van der Waals surface area contributed by atoms with Crippen LogP contribution in [-0.4, -0.2) is 53.4 Å². The Morgan fingerprint density at radius 2 is 2.25 bits per heavy atom. The van der Waals surface area contributed by atoms with Crippen LogP contribution in [-0.2, 0) is 4.79 Å². The highest BCUT2D eigenvalue weighted by Crippen LogP contribution is 2.08. The van der Waals surface area contributed by atoms with Crippen molar-refractivity contribution in [1.29, 1.82) is 0 Å². The number of aliphatic hydroxyl groups excluding tert-OH is 2. The van der Waals surface area contributed by atoms with Crippen molar-refractivity contribution in [3.05, 3.63) is 11.6 Å². The number of aliphatic hydroxyl groups is 2. The number of allylic oxidation sites excluding steroid dienone is 1. The van der Waals surface area contributed by atoms with Gasteiger partial charge in [-0.3, -0.25) is 10.1 Å². The molecule has 0 spiro atoms. The van der Waals surface area contributed by atoms with Crippen molar-refractivity contribution in [2.24, 2.45) is 0 Å². The maximum Gasteiger partial charge on any atom is 0.324 e. The lowest BCUT2D eigenvalue weighted by atomic mass is 10.1. The molecule has 0 aliphatic carbocycles. The number of nitrogens with zero attached hydrogens (tertiary/aromatic N) is 1. The number of imide groups is 1. The Hall–Kier alpha value is -1.40. The van der Waals surface area contributed by atoms with Crippen LogP contribution in [0.15, 0.2) is 11.6 Å². The molecule has 90 valence electrons. The summed E-state index contributed by atoms with van der Waals surface area (Å²) in [6.45, 7) is -0.00630. The molecule has 0 saturated carbocycles. The Labute approximate surface area is 93.5 Å². The molecular formula is C10H16N2O4. The van der Waals surface area contributed by atoms with Crippen molar-refractivity contribution in [3.63, 3.8) is 0 Å². The lowest BCUT2D eigenvalue weighted by molar-refractivity contribution is -0.117. The average Bonchev–Trinajstić information content (AvgIpc) is 2.25. The number of hydrogen-bond donors (Lipinski definition) is 3. The lowest BCUT2D eigenvalue weighted by Gasteiger charge is -2.24. The molecule has 16 heavy (non-hydrogen) atoms. The normalized spacial score (nSPS) is 21.2. The van der Waals surface area contributed by atoms with E-state index in [9.17, 15) is 9.59 Å². The minimum absolute atomic E-state index is 0.278. The largest absolute Gasteiger partial charge is 0.394 e. The third kappa shape index (κ3) is 3.32. The van der Waals surface area contributed by atoms with E-state index in [0.29, 0.717) is 18.4 Å². The second-order valence-corrected chi connectivity index (χ2v) is 3.76. The Bertz CT molecular complexity index is 314. The van der Waals surface area contributed by atoms with Gasteiger partial charge >= 0.3 is 6.03 Å². The van der Waals surface area contributed by atoms with Crippen LogP contribution in [0.4, 0.5) is 4.79 Å². The van der Waals surface area contributed by atoms with Gasteiger partial charge in [0, 0.05) is 12.6 Å². The summed E-state index contributed by atoms with van der Waals surface area (Å²) in [7, 11) is 1.60. The summed E-state index contributed by atoms with van der Waals surface area (Å²) in [4.78, 5) is 23.8. The highest BCUT2D eigenvalue weighted by Gasteiger charge is 2.23. The fraction of sp³-hybridized carbons (Fsp3) is 0.600. The number of carbonyl (C=O) groups excluding carboxylic acids is 2. The predicted molar refractivity (Wildman–Crippen MR) is 56.6 cm³/mol. The van der Waals surface area contributed by atoms with Crippen LogP contribution in [0.2, 0.25) is 0 Å². The molecule has 1 saturated heterocycles. The number of likely N-dealkylation sites (N-methyl/N-ethyl adjacent to an activating group) is 1. The van der Waals surface area contributed by atoms with Crippen LogP contribution in [0, 0.1) is 0 Å². The monoisotopic (exact) mass is 228 g/mol. The zero-order valence-corrected chi connectivity index (χ0v) is 9.14. The van der Waals surface area contributed by atoms with Crippen molar-refractivity contribution in [2.45, 2.75) is 18.9 Å². The highest BCUT2D eigenvalue weighted by atomic mass is 16.3. The summed E-state index contributed by atoms with van der Waals surface area (Å²) < 4.78 is 0. The second kappa shape index (κ2) is 5.62. The van der Waals surface area contributed by atoms with E-state index in [4.69, 9.17) is 10.2 Å². The third-order valence-corrected chi connectivity index (χ3v) is 2.37. The molecule has 1 aliphatic heterocycles. The SMILES string of the molecule is CN1CC(=CCCC(O)CO)C(=O)NC1=O. The van der Waals surface area contributed by atoms with Crippen molar-refractivity contribution >= 4 is 11.9 Å². The van der Waals surface area contributed by atoms with Gasteiger partial charge in [-0.15, -0.1) is 0 Å². The molecule has 0 bridgehead atoms. The van der Waals surface area contributed by atoms with E-state index in [1.54, 1.807) is 13.1 Å². The summed E-state index contributed by atoms with van der Waals surface area (Å²) >= 11 is 0. The molecular weight excluding hydrogens is 212 g/mol. The maximum absolute atomic E-state index is 11.4. The van der Waals surface area contributed by atoms with Crippen LogP contribution in [0.25, 0.3) is 0 Å². The van der Waals surface area contributed by atoms with Gasteiger partial charge in [0.2, 0.25) is 0 Å². The molecule has 6 heteroatoms. The van der Waals surface area contributed by atoms with Crippen molar-refractivity contribution in [1.82, 2.24) is 10.2 Å². The van der Waals surface area contributed by atoms with Crippen LogP contribution in [0.3, 0.4) is 0 Å². The van der Waals surface area contributed by atoms with E-state index in [-0.39, 0.29) is 19.1 Å². The van der Waals surface area contributed by atoms with E-state index in [1.807, 2.05) is 0 Å². The molecule has 1 aliphatic rings. The van der Waals surface area contributed by atoms with Gasteiger partial charge in [0.1, 0.15) is 0 Å². The Kier molecular flexibility index (Phi) is 4.45. The quantitative estimate of drug-likeness (QED) is 0.551. The van der Waals surface area contributed by atoms with Crippen LogP contribution in [0.5, 0.6) is 0 Å². The minimum Gasteiger partial charge on any atom is -0.394 e. The lowest BCUT2D eigenvalue weighted by Crippen LogP contribution is -2.48. The first-order valence-electron chi connectivity index (χ1n) is 5.09. The Morgan fingerprint density at radius 3 is 2.88 bits per heavy atom. The van der Waals surface area contributed by atoms with Crippen LogP contribution < -0.4 is 5.32 Å². The van der Waals surface area contributed by atoms with E-state index in [0.717, 1.165) is 0 Å².